The molecule has 0 atom stereocenters. The van der Waals surface area contributed by atoms with E-state index in [-0.39, 0.29) is 29.4 Å². The van der Waals surface area contributed by atoms with Gasteiger partial charge in [-0.2, -0.15) is 4.31 Å². The second-order valence-electron chi connectivity index (χ2n) is 8.12. The Hall–Kier alpha value is -3.11. The number of aryl methyl sites for hydroxylation is 1. The normalized spacial score (nSPS) is 14.6. The molecule has 1 fully saturated rings. The lowest BCUT2D eigenvalue weighted by molar-refractivity contribution is -0.116. The van der Waals surface area contributed by atoms with E-state index in [1.807, 2.05) is 38.2 Å². The molecule has 4 rings (SSSR count). The van der Waals surface area contributed by atoms with E-state index in [0.29, 0.717) is 24.3 Å². The molecule has 1 aliphatic rings. The van der Waals surface area contributed by atoms with Crippen LogP contribution in [0.2, 0.25) is 0 Å². The van der Waals surface area contributed by atoms with Crippen molar-refractivity contribution < 1.29 is 17.6 Å². The number of oxazole rings is 1. The van der Waals surface area contributed by atoms with Crippen molar-refractivity contribution in [3.63, 3.8) is 0 Å². The number of nitrogens with one attached hydrogen (secondary N) is 1. The quantitative estimate of drug-likeness (QED) is 0.541. The molecule has 33 heavy (non-hydrogen) atoms. The lowest BCUT2D eigenvalue weighted by Gasteiger charge is -2.17. The monoisotopic (exact) mass is 472 g/mol. The van der Waals surface area contributed by atoms with E-state index < -0.39 is 15.8 Å². The SMILES string of the molecule is CCN(C)c1cccc(NC(=O)CCn2c(=O)oc3cc(S(=O)(=O)N4CCCC4)ccc32)c1. The zero-order chi connectivity index (χ0) is 23.6. The molecule has 0 spiro atoms. The van der Waals surface area contributed by atoms with Crippen molar-refractivity contribution in [2.75, 3.05) is 36.9 Å². The summed E-state index contributed by atoms with van der Waals surface area (Å²) in [7, 11) is -1.64. The maximum atomic E-state index is 12.8. The number of hydrogen-bond acceptors (Lipinski definition) is 6. The van der Waals surface area contributed by atoms with Gasteiger partial charge in [-0.05, 0) is 50.1 Å². The zero-order valence-corrected chi connectivity index (χ0v) is 19.6. The number of sulfonamides is 1. The second kappa shape index (κ2) is 9.40. The first-order valence-corrected chi connectivity index (χ1v) is 12.5. The van der Waals surface area contributed by atoms with Crippen LogP contribution < -0.4 is 16.0 Å². The lowest BCUT2D eigenvalue weighted by atomic mass is 10.2. The highest BCUT2D eigenvalue weighted by atomic mass is 32.2. The Kier molecular flexibility index (Phi) is 6.57. The van der Waals surface area contributed by atoms with E-state index >= 15 is 0 Å². The first kappa shape index (κ1) is 23.1. The molecule has 1 amide bonds. The van der Waals surface area contributed by atoms with Crippen LogP contribution in [-0.4, -0.2) is 49.9 Å². The van der Waals surface area contributed by atoms with Gasteiger partial charge in [0.15, 0.2) is 5.58 Å². The summed E-state index contributed by atoms with van der Waals surface area (Å²) in [5.74, 6) is -0.860. The molecule has 0 saturated carbocycles. The van der Waals surface area contributed by atoms with Crippen LogP contribution in [0.1, 0.15) is 26.2 Å². The van der Waals surface area contributed by atoms with Gasteiger partial charge in [-0.1, -0.05) is 6.07 Å². The third-order valence-corrected chi connectivity index (χ3v) is 7.84. The fourth-order valence-corrected chi connectivity index (χ4v) is 5.47. The van der Waals surface area contributed by atoms with Gasteiger partial charge in [-0.15, -0.1) is 0 Å². The first-order valence-electron chi connectivity index (χ1n) is 11.0. The minimum atomic E-state index is -3.61. The number of carbonyl (C=O) groups is 1. The van der Waals surface area contributed by atoms with Crippen molar-refractivity contribution in [3.8, 4) is 0 Å². The van der Waals surface area contributed by atoms with Gasteiger partial charge in [0.05, 0.1) is 10.4 Å². The van der Waals surface area contributed by atoms with Crippen LogP contribution in [0.4, 0.5) is 11.4 Å². The number of rotatable bonds is 8. The molecule has 2 heterocycles. The van der Waals surface area contributed by atoms with E-state index in [0.717, 1.165) is 25.1 Å². The summed E-state index contributed by atoms with van der Waals surface area (Å²) in [6, 6.07) is 12.0. The van der Waals surface area contributed by atoms with E-state index in [2.05, 4.69) is 10.2 Å². The summed E-state index contributed by atoms with van der Waals surface area (Å²) in [6.45, 7) is 4.00. The van der Waals surface area contributed by atoms with Crippen LogP contribution >= 0.6 is 0 Å². The second-order valence-corrected chi connectivity index (χ2v) is 10.1. The van der Waals surface area contributed by atoms with Gasteiger partial charge in [0.2, 0.25) is 15.9 Å². The third-order valence-electron chi connectivity index (χ3n) is 5.95. The van der Waals surface area contributed by atoms with Crippen LogP contribution in [-0.2, 0) is 21.4 Å². The molecule has 0 aliphatic carbocycles. The Morgan fingerprint density at radius 1 is 1.15 bits per heavy atom. The van der Waals surface area contributed by atoms with Gasteiger partial charge in [-0.3, -0.25) is 9.36 Å². The minimum absolute atomic E-state index is 0.0657. The number of benzene rings is 2. The number of hydrogen-bond donors (Lipinski definition) is 1. The van der Waals surface area contributed by atoms with Crippen molar-refractivity contribution in [2.45, 2.75) is 37.6 Å². The van der Waals surface area contributed by atoms with Gasteiger partial charge in [0.1, 0.15) is 0 Å². The smallest absolute Gasteiger partial charge is 0.408 e. The van der Waals surface area contributed by atoms with Gasteiger partial charge in [0, 0.05) is 57.1 Å². The first-order chi connectivity index (χ1) is 15.8. The summed E-state index contributed by atoms with van der Waals surface area (Å²) in [5.41, 5.74) is 2.32. The van der Waals surface area contributed by atoms with Crippen molar-refractivity contribution in [2.24, 2.45) is 0 Å². The highest BCUT2D eigenvalue weighted by Gasteiger charge is 2.28. The molecule has 176 valence electrons. The molecule has 1 saturated heterocycles. The van der Waals surface area contributed by atoms with E-state index in [9.17, 15) is 18.0 Å². The van der Waals surface area contributed by atoms with Crippen molar-refractivity contribution in [1.82, 2.24) is 8.87 Å². The molecular weight excluding hydrogens is 444 g/mol. The van der Waals surface area contributed by atoms with Crippen LogP contribution in [0.3, 0.4) is 0 Å². The summed E-state index contributed by atoms with van der Waals surface area (Å²) < 4.78 is 33.7. The van der Waals surface area contributed by atoms with Crippen LogP contribution in [0.25, 0.3) is 11.1 Å². The molecule has 9 nitrogen and oxygen atoms in total. The predicted molar refractivity (Wildman–Crippen MR) is 127 cm³/mol. The lowest BCUT2D eigenvalue weighted by Crippen LogP contribution is -2.27. The molecule has 10 heteroatoms. The standard InChI is InChI=1S/C23H28N4O5S/c1-3-25(2)18-8-6-7-17(15-18)24-22(28)11-14-27-20-10-9-19(16-21(20)32-23(27)29)33(30,31)26-12-4-5-13-26/h6-10,15-16H,3-5,11-14H2,1-2H3,(H,24,28). The molecule has 1 aromatic heterocycles. The average Bonchev–Trinajstić information content (AvgIpc) is 3.45. The van der Waals surface area contributed by atoms with Gasteiger partial charge < -0.3 is 14.6 Å². The average molecular weight is 473 g/mol. The minimum Gasteiger partial charge on any atom is -0.408 e. The summed E-state index contributed by atoms with van der Waals surface area (Å²) in [6.07, 6.45) is 1.75. The number of fused-ring (bicyclic) bond motifs is 1. The Bertz CT molecular complexity index is 1320. The molecule has 0 unspecified atom stereocenters. The van der Waals surface area contributed by atoms with Gasteiger partial charge in [-0.25, -0.2) is 13.2 Å². The highest BCUT2D eigenvalue weighted by Crippen LogP contribution is 2.24. The molecule has 1 aliphatic heterocycles. The number of amides is 1. The number of carbonyl (C=O) groups excluding carboxylic acids is 1. The van der Waals surface area contributed by atoms with Gasteiger partial charge >= 0.3 is 5.76 Å². The Labute approximate surface area is 192 Å². The summed E-state index contributed by atoms with van der Waals surface area (Å²) in [5, 5.41) is 2.86. The maximum absolute atomic E-state index is 12.8. The summed E-state index contributed by atoms with van der Waals surface area (Å²) in [4.78, 5) is 27.0. The van der Waals surface area contributed by atoms with Crippen molar-refractivity contribution >= 4 is 38.4 Å². The summed E-state index contributed by atoms with van der Waals surface area (Å²) >= 11 is 0. The molecular formula is C23H28N4O5S. The topological polar surface area (TPSA) is 105 Å². The van der Waals surface area contributed by atoms with E-state index in [4.69, 9.17) is 4.42 Å². The molecule has 0 radical (unpaired) electrons. The largest absolute Gasteiger partial charge is 0.419 e. The van der Waals surface area contributed by atoms with E-state index in [1.54, 1.807) is 6.07 Å². The van der Waals surface area contributed by atoms with E-state index in [1.165, 1.54) is 21.0 Å². The van der Waals surface area contributed by atoms with Crippen LogP contribution in [0.15, 0.2) is 56.6 Å². The molecule has 0 bridgehead atoms. The third kappa shape index (κ3) is 4.81. The Morgan fingerprint density at radius 3 is 2.64 bits per heavy atom. The van der Waals surface area contributed by atoms with Crippen molar-refractivity contribution in [3.05, 3.63) is 53.0 Å². The highest BCUT2D eigenvalue weighted by molar-refractivity contribution is 7.89. The maximum Gasteiger partial charge on any atom is 0.419 e. The van der Waals surface area contributed by atoms with Gasteiger partial charge in [0.25, 0.3) is 0 Å². The van der Waals surface area contributed by atoms with Crippen molar-refractivity contribution in [1.29, 1.82) is 0 Å². The number of nitrogens with zero attached hydrogens (tertiary/aromatic N) is 3. The Balaban J connectivity index is 1.47. The number of aromatic nitrogens is 1. The fraction of sp³-hybridized carbons (Fsp3) is 0.391. The van der Waals surface area contributed by atoms with Crippen LogP contribution in [0, 0.1) is 0 Å². The fourth-order valence-electron chi connectivity index (χ4n) is 3.94. The number of anilines is 2. The van der Waals surface area contributed by atoms with Crippen LogP contribution in [0.5, 0.6) is 0 Å². The zero-order valence-electron chi connectivity index (χ0n) is 18.8. The predicted octanol–water partition coefficient (Wildman–Crippen LogP) is 2.86. The molecule has 3 aromatic rings. The molecule has 2 aromatic carbocycles. The Morgan fingerprint density at radius 2 is 1.91 bits per heavy atom. The molecule has 1 N–H and O–H groups in total.